The van der Waals surface area contributed by atoms with Crippen molar-refractivity contribution in [3.63, 3.8) is 0 Å². The van der Waals surface area contributed by atoms with Crippen LogP contribution < -0.4 is 10.5 Å². The fourth-order valence-electron chi connectivity index (χ4n) is 5.20. The van der Waals surface area contributed by atoms with Gasteiger partial charge < -0.3 is 15.6 Å². The first-order valence-corrected chi connectivity index (χ1v) is 10.6. The number of hydrogen-bond acceptors (Lipinski definition) is 3. The number of methoxy groups -OCH3 is 1. The van der Waals surface area contributed by atoms with Crippen LogP contribution in [0.5, 0.6) is 5.75 Å². The molecule has 0 amide bonds. The van der Waals surface area contributed by atoms with Crippen molar-refractivity contribution < 1.29 is 9.84 Å². The third kappa shape index (κ3) is 3.97. The Kier molecular flexibility index (Phi) is 5.48. The van der Waals surface area contributed by atoms with Crippen LogP contribution in [0.25, 0.3) is 0 Å². The largest absolute Gasteiger partial charge is 0.497 e. The summed E-state index contributed by atoms with van der Waals surface area (Å²) in [5.74, 6) is 2.16. The summed E-state index contributed by atoms with van der Waals surface area (Å²) in [7, 11) is 1.73. The SMILES string of the molecule is COc1ccc(C[C@@H]2CCc3cc([C@H]4CC[C@](N)(CO)C4)ccc3C2)c(C)c1. The van der Waals surface area contributed by atoms with Crippen LogP contribution in [0.4, 0.5) is 0 Å². The van der Waals surface area contributed by atoms with Gasteiger partial charge in [0.15, 0.2) is 0 Å². The Bertz CT molecular complexity index is 846. The predicted octanol–water partition coefficient (Wildman–Crippen LogP) is 4.31. The summed E-state index contributed by atoms with van der Waals surface area (Å²) in [6.07, 6.45) is 7.66. The Labute approximate surface area is 168 Å². The highest BCUT2D eigenvalue weighted by Crippen LogP contribution is 2.41. The highest BCUT2D eigenvalue weighted by molar-refractivity contribution is 5.38. The van der Waals surface area contributed by atoms with E-state index in [4.69, 9.17) is 10.5 Å². The van der Waals surface area contributed by atoms with Crippen molar-refractivity contribution in [2.24, 2.45) is 11.7 Å². The normalized spacial score (nSPS) is 26.9. The Morgan fingerprint density at radius 1 is 1.14 bits per heavy atom. The van der Waals surface area contributed by atoms with Crippen LogP contribution in [0.2, 0.25) is 0 Å². The van der Waals surface area contributed by atoms with Gasteiger partial charge in [0, 0.05) is 5.54 Å². The Balaban J connectivity index is 1.44. The molecular formula is C25H33NO2. The topological polar surface area (TPSA) is 55.5 Å². The quantitative estimate of drug-likeness (QED) is 0.814. The zero-order valence-electron chi connectivity index (χ0n) is 17.2. The molecule has 0 heterocycles. The average Bonchev–Trinajstić information content (AvgIpc) is 3.12. The molecule has 28 heavy (non-hydrogen) atoms. The molecule has 0 spiro atoms. The molecule has 3 atom stereocenters. The maximum atomic E-state index is 9.55. The maximum Gasteiger partial charge on any atom is 0.119 e. The van der Waals surface area contributed by atoms with E-state index >= 15 is 0 Å². The maximum absolute atomic E-state index is 9.55. The van der Waals surface area contributed by atoms with E-state index in [1.165, 1.54) is 47.1 Å². The Morgan fingerprint density at radius 3 is 2.71 bits per heavy atom. The van der Waals surface area contributed by atoms with Gasteiger partial charge in [-0.2, -0.15) is 0 Å². The van der Waals surface area contributed by atoms with Gasteiger partial charge in [0.25, 0.3) is 0 Å². The highest BCUT2D eigenvalue weighted by Gasteiger charge is 2.36. The van der Waals surface area contributed by atoms with Crippen molar-refractivity contribution in [3.05, 3.63) is 64.2 Å². The number of fused-ring (bicyclic) bond motifs is 1. The van der Waals surface area contributed by atoms with Crippen LogP contribution >= 0.6 is 0 Å². The molecule has 1 fully saturated rings. The van der Waals surface area contributed by atoms with Crippen LogP contribution in [-0.2, 0) is 19.3 Å². The molecule has 4 rings (SSSR count). The van der Waals surface area contributed by atoms with E-state index in [9.17, 15) is 5.11 Å². The summed E-state index contributed by atoms with van der Waals surface area (Å²) in [6.45, 7) is 2.28. The van der Waals surface area contributed by atoms with Gasteiger partial charge >= 0.3 is 0 Å². The lowest BCUT2D eigenvalue weighted by Crippen LogP contribution is -2.40. The molecule has 3 nitrogen and oxygen atoms in total. The molecule has 2 aliphatic carbocycles. The van der Waals surface area contributed by atoms with Gasteiger partial charge in [-0.15, -0.1) is 0 Å². The van der Waals surface area contributed by atoms with Crippen molar-refractivity contribution in [1.29, 1.82) is 0 Å². The lowest BCUT2D eigenvalue weighted by Gasteiger charge is -2.27. The van der Waals surface area contributed by atoms with E-state index in [-0.39, 0.29) is 12.1 Å². The summed E-state index contributed by atoms with van der Waals surface area (Å²) in [6, 6.07) is 13.5. The van der Waals surface area contributed by atoms with E-state index in [0.717, 1.165) is 31.4 Å². The van der Waals surface area contributed by atoms with Gasteiger partial charge in [-0.25, -0.2) is 0 Å². The van der Waals surface area contributed by atoms with Gasteiger partial charge in [-0.05, 0) is 104 Å². The van der Waals surface area contributed by atoms with E-state index in [1.807, 2.05) is 0 Å². The molecule has 2 aliphatic rings. The Morgan fingerprint density at radius 2 is 2.00 bits per heavy atom. The van der Waals surface area contributed by atoms with E-state index in [1.54, 1.807) is 7.11 Å². The van der Waals surface area contributed by atoms with Gasteiger partial charge in [-0.1, -0.05) is 24.3 Å². The molecule has 3 heteroatoms. The molecule has 0 bridgehead atoms. The van der Waals surface area contributed by atoms with Gasteiger partial charge in [0.2, 0.25) is 0 Å². The number of nitrogens with two attached hydrogens (primary N) is 1. The third-order valence-electron chi connectivity index (χ3n) is 7.05. The zero-order chi connectivity index (χ0) is 19.7. The average molecular weight is 380 g/mol. The first-order valence-electron chi connectivity index (χ1n) is 10.6. The number of hydrogen-bond donors (Lipinski definition) is 2. The van der Waals surface area contributed by atoms with Gasteiger partial charge in [-0.3, -0.25) is 0 Å². The second-order valence-electron chi connectivity index (χ2n) is 9.09. The lowest BCUT2D eigenvalue weighted by molar-refractivity contribution is 0.198. The van der Waals surface area contributed by atoms with Crippen molar-refractivity contribution in [2.45, 2.75) is 63.3 Å². The van der Waals surface area contributed by atoms with E-state index in [2.05, 4.69) is 43.3 Å². The second-order valence-corrected chi connectivity index (χ2v) is 9.09. The molecular weight excluding hydrogens is 346 g/mol. The number of aryl methyl sites for hydroxylation is 2. The van der Waals surface area contributed by atoms with E-state index in [0.29, 0.717) is 11.8 Å². The van der Waals surface area contributed by atoms with Crippen molar-refractivity contribution >= 4 is 0 Å². The predicted molar refractivity (Wildman–Crippen MR) is 114 cm³/mol. The Hall–Kier alpha value is -1.84. The van der Waals surface area contributed by atoms with Gasteiger partial charge in [0.05, 0.1) is 13.7 Å². The third-order valence-corrected chi connectivity index (χ3v) is 7.05. The fraction of sp³-hybridized carbons (Fsp3) is 0.520. The van der Waals surface area contributed by atoms with Crippen LogP contribution in [0, 0.1) is 12.8 Å². The van der Waals surface area contributed by atoms with Crippen LogP contribution in [0.15, 0.2) is 36.4 Å². The summed E-state index contributed by atoms with van der Waals surface area (Å²) >= 11 is 0. The highest BCUT2D eigenvalue weighted by atomic mass is 16.5. The molecule has 150 valence electrons. The number of ether oxygens (including phenoxy) is 1. The second kappa shape index (κ2) is 7.88. The molecule has 0 saturated heterocycles. The molecule has 0 unspecified atom stereocenters. The molecule has 1 saturated carbocycles. The molecule has 2 aromatic carbocycles. The summed E-state index contributed by atoms with van der Waals surface area (Å²) in [4.78, 5) is 0. The molecule has 3 N–H and O–H groups in total. The summed E-state index contributed by atoms with van der Waals surface area (Å²) in [5.41, 5.74) is 13.2. The first-order chi connectivity index (χ1) is 13.5. The lowest BCUT2D eigenvalue weighted by atomic mass is 9.79. The number of benzene rings is 2. The monoisotopic (exact) mass is 379 g/mol. The van der Waals surface area contributed by atoms with Crippen LogP contribution in [0.3, 0.4) is 0 Å². The zero-order valence-corrected chi connectivity index (χ0v) is 17.2. The molecule has 2 aromatic rings. The minimum Gasteiger partial charge on any atom is -0.497 e. The first kappa shape index (κ1) is 19.5. The van der Waals surface area contributed by atoms with Crippen molar-refractivity contribution in [2.75, 3.05) is 13.7 Å². The van der Waals surface area contributed by atoms with Gasteiger partial charge in [0.1, 0.15) is 5.75 Å². The number of aliphatic hydroxyl groups is 1. The minimum atomic E-state index is -0.373. The van der Waals surface area contributed by atoms with E-state index < -0.39 is 0 Å². The molecule has 0 aromatic heterocycles. The number of rotatable bonds is 5. The summed E-state index contributed by atoms with van der Waals surface area (Å²) in [5, 5.41) is 9.55. The standard InChI is InChI=1S/C25H33NO2/c1-17-11-24(28-2)8-7-19(17)12-18-3-4-21-14-22(6-5-20(21)13-18)23-9-10-25(26,15-23)16-27/h5-8,11,14,18,23,27H,3-4,9-10,12-13,15-16,26H2,1-2H3/t18-,23-,25+/m0/s1. The van der Waals surface area contributed by atoms with Crippen LogP contribution in [-0.4, -0.2) is 24.4 Å². The van der Waals surface area contributed by atoms with Crippen molar-refractivity contribution in [1.82, 2.24) is 0 Å². The fourth-order valence-corrected chi connectivity index (χ4v) is 5.20. The summed E-state index contributed by atoms with van der Waals surface area (Å²) < 4.78 is 5.34. The molecule has 0 aliphatic heterocycles. The minimum absolute atomic E-state index is 0.0981. The number of aliphatic hydroxyl groups excluding tert-OH is 1. The van der Waals surface area contributed by atoms with Crippen molar-refractivity contribution in [3.8, 4) is 5.75 Å². The smallest absolute Gasteiger partial charge is 0.119 e. The van der Waals surface area contributed by atoms with Crippen LogP contribution in [0.1, 0.15) is 59.4 Å². The molecule has 0 radical (unpaired) electrons.